The minimum absolute atomic E-state index is 0.0321. The highest BCUT2D eigenvalue weighted by Crippen LogP contribution is 2.30. The number of ether oxygens (including phenoxy) is 1. The first kappa shape index (κ1) is 13.9. The van der Waals surface area contributed by atoms with Gasteiger partial charge in [0, 0.05) is 6.20 Å². The zero-order chi connectivity index (χ0) is 14.9. The predicted molar refractivity (Wildman–Crippen MR) is 71.2 cm³/mol. The number of nitriles is 1. The van der Waals surface area contributed by atoms with E-state index in [1.165, 1.54) is 24.4 Å². The first-order chi connectivity index (χ1) is 9.51. The molecule has 20 heavy (non-hydrogen) atoms. The van der Waals surface area contributed by atoms with Gasteiger partial charge in [0.2, 0.25) is 0 Å². The van der Waals surface area contributed by atoms with E-state index in [1.807, 2.05) is 6.07 Å². The van der Waals surface area contributed by atoms with Crippen molar-refractivity contribution in [3.05, 3.63) is 46.5 Å². The van der Waals surface area contributed by atoms with Gasteiger partial charge in [-0.3, -0.25) is 0 Å². The van der Waals surface area contributed by atoms with Gasteiger partial charge in [0.05, 0.1) is 23.4 Å². The van der Waals surface area contributed by atoms with Crippen LogP contribution in [-0.4, -0.2) is 17.6 Å². The van der Waals surface area contributed by atoms with Gasteiger partial charge in [0.1, 0.15) is 17.6 Å². The van der Waals surface area contributed by atoms with Gasteiger partial charge in [-0.15, -0.1) is 0 Å². The van der Waals surface area contributed by atoms with Crippen LogP contribution in [0.5, 0.6) is 0 Å². The van der Waals surface area contributed by atoms with Crippen molar-refractivity contribution in [3.8, 4) is 11.8 Å². The van der Waals surface area contributed by atoms with Crippen LogP contribution in [0.4, 0.5) is 10.1 Å². The van der Waals surface area contributed by atoms with E-state index in [4.69, 9.17) is 22.6 Å². The van der Waals surface area contributed by atoms with Crippen LogP contribution < -0.4 is 5.73 Å². The SMILES string of the molecule is COC(=O)c1c(N)c(C#N)cn1-c1c(F)cccc1Cl. The molecule has 0 bridgehead atoms. The number of halogens is 2. The van der Waals surface area contributed by atoms with Crippen molar-refractivity contribution >= 4 is 23.3 Å². The molecule has 1 aromatic heterocycles. The van der Waals surface area contributed by atoms with Crippen molar-refractivity contribution in [1.82, 2.24) is 4.57 Å². The summed E-state index contributed by atoms with van der Waals surface area (Å²) in [7, 11) is 1.16. The Morgan fingerprint density at radius 1 is 1.55 bits per heavy atom. The van der Waals surface area contributed by atoms with Crippen molar-refractivity contribution in [3.63, 3.8) is 0 Å². The summed E-state index contributed by atoms with van der Waals surface area (Å²) in [4.78, 5) is 11.8. The third-order valence-electron chi connectivity index (χ3n) is 2.72. The highest BCUT2D eigenvalue weighted by Gasteiger charge is 2.24. The number of carbonyl (C=O) groups is 1. The summed E-state index contributed by atoms with van der Waals surface area (Å²) in [5, 5.41) is 9.05. The second kappa shape index (κ2) is 5.23. The van der Waals surface area contributed by atoms with E-state index in [-0.39, 0.29) is 27.7 Å². The molecule has 0 unspecified atom stereocenters. The summed E-state index contributed by atoms with van der Waals surface area (Å²) in [5.41, 5.74) is 5.46. The van der Waals surface area contributed by atoms with E-state index in [0.717, 1.165) is 11.7 Å². The molecular formula is C13H9ClFN3O2. The number of nitrogens with zero attached hydrogens (tertiary/aromatic N) is 2. The van der Waals surface area contributed by atoms with Crippen LogP contribution in [0.1, 0.15) is 16.1 Å². The van der Waals surface area contributed by atoms with Crippen LogP contribution in [0.3, 0.4) is 0 Å². The molecule has 1 aromatic carbocycles. The highest BCUT2D eigenvalue weighted by molar-refractivity contribution is 6.32. The number of hydrogen-bond donors (Lipinski definition) is 1. The third kappa shape index (κ3) is 2.08. The highest BCUT2D eigenvalue weighted by atomic mass is 35.5. The Kier molecular flexibility index (Phi) is 3.63. The number of benzene rings is 1. The van der Waals surface area contributed by atoms with Gasteiger partial charge < -0.3 is 15.0 Å². The Labute approximate surface area is 118 Å². The maximum absolute atomic E-state index is 13.9. The lowest BCUT2D eigenvalue weighted by Gasteiger charge is -2.10. The largest absolute Gasteiger partial charge is 0.464 e. The number of nitrogen functional groups attached to an aromatic ring is 1. The second-order valence-electron chi connectivity index (χ2n) is 3.85. The number of rotatable bonds is 2. The first-order valence-corrected chi connectivity index (χ1v) is 5.82. The number of hydrogen-bond acceptors (Lipinski definition) is 4. The Morgan fingerprint density at radius 3 is 2.80 bits per heavy atom. The van der Waals surface area contributed by atoms with Crippen molar-refractivity contribution < 1.29 is 13.9 Å². The zero-order valence-corrected chi connectivity index (χ0v) is 11.1. The van der Waals surface area contributed by atoms with Crippen molar-refractivity contribution in [1.29, 1.82) is 5.26 Å². The molecule has 2 rings (SSSR count). The second-order valence-corrected chi connectivity index (χ2v) is 4.26. The van der Waals surface area contributed by atoms with Gasteiger partial charge in [0.25, 0.3) is 0 Å². The van der Waals surface area contributed by atoms with Crippen LogP contribution in [0.15, 0.2) is 24.4 Å². The molecule has 0 aliphatic heterocycles. The normalized spacial score (nSPS) is 10.1. The van der Waals surface area contributed by atoms with Crippen molar-refractivity contribution in [2.24, 2.45) is 0 Å². The number of methoxy groups -OCH3 is 1. The number of para-hydroxylation sites is 1. The van der Waals surface area contributed by atoms with E-state index in [2.05, 4.69) is 4.74 Å². The molecule has 0 saturated heterocycles. The molecule has 0 spiro atoms. The van der Waals surface area contributed by atoms with Gasteiger partial charge >= 0.3 is 5.97 Å². The Balaban J connectivity index is 2.81. The van der Waals surface area contributed by atoms with E-state index < -0.39 is 11.8 Å². The fourth-order valence-electron chi connectivity index (χ4n) is 1.81. The fraction of sp³-hybridized carbons (Fsp3) is 0.0769. The van der Waals surface area contributed by atoms with Gasteiger partial charge in [-0.05, 0) is 12.1 Å². The molecule has 2 aromatic rings. The first-order valence-electron chi connectivity index (χ1n) is 5.44. The van der Waals surface area contributed by atoms with E-state index in [1.54, 1.807) is 0 Å². The number of carbonyl (C=O) groups excluding carboxylic acids is 1. The summed E-state index contributed by atoms with van der Waals surface area (Å²) < 4.78 is 19.7. The molecular weight excluding hydrogens is 285 g/mol. The number of nitrogens with two attached hydrogens (primary N) is 1. The Bertz CT molecular complexity index is 714. The van der Waals surface area contributed by atoms with Gasteiger partial charge in [-0.1, -0.05) is 17.7 Å². The molecule has 0 atom stereocenters. The monoisotopic (exact) mass is 293 g/mol. The van der Waals surface area contributed by atoms with Crippen LogP contribution in [0, 0.1) is 17.1 Å². The molecule has 0 amide bonds. The summed E-state index contributed by atoms with van der Waals surface area (Å²) in [6.07, 6.45) is 1.24. The summed E-state index contributed by atoms with van der Waals surface area (Å²) >= 11 is 5.95. The van der Waals surface area contributed by atoms with Crippen LogP contribution >= 0.6 is 11.6 Å². The standard InChI is InChI=1S/C13H9ClFN3O2/c1-20-13(19)12-10(17)7(5-16)6-18(12)11-8(14)3-2-4-9(11)15/h2-4,6H,17H2,1H3. The van der Waals surface area contributed by atoms with Crippen LogP contribution in [0.25, 0.3) is 5.69 Å². The lowest BCUT2D eigenvalue weighted by molar-refractivity contribution is 0.0593. The van der Waals surface area contributed by atoms with Crippen LogP contribution in [0.2, 0.25) is 5.02 Å². The fourth-order valence-corrected chi connectivity index (χ4v) is 2.06. The average molecular weight is 294 g/mol. The number of aromatic nitrogens is 1. The Morgan fingerprint density at radius 2 is 2.25 bits per heavy atom. The van der Waals surface area contributed by atoms with Gasteiger partial charge in [-0.25, -0.2) is 9.18 Å². The lowest BCUT2D eigenvalue weighted by atomic mass is 10.2. The molecule has 7 heteroatoms. The van der Waals surface area contributed by atoms with Gasteiger partial charge in [0.15, 0.2) is 5.69 Å². The summed E-state index contributed by atoms with van der Waals surface area (Å²) in [5.74, 6) is -1.44. The molecule has 0 aliphatic carbocycles. The lowest BCUT2D eigenvalue weighted by Crippen LogP contribution is -2.12. The molecule has 0 aliphatic rings. The van der Waals surface area contributed by atoms with Crippen molar-refractivity contribution in [2.45, 2.75) is 0 Å². The molecule has 2 N–H and O–H groups in total. The van der Waals surface area contributed by atoms with E-state index >= 15 is 0 Å². The van der Waals surface area contributed by atoms with E-state index in [0.29, 0.717) is 0 Å². The quantitative estimate of drug-likeness (QED) is 0.863. The molecule has 0 saturated carbocycles. The number of esters is 1. The summed E-state index contributed by atoms with van der Waals surface area (Å²) in [6.45, 7) is 0. The van der Waals surface area contributed by atoms with Crippen molar-refractivity contribution in [2.75, 3.05) is 12.8 Å². The Hall–Kier alpha value is -2.52. The maximum atomic E-state index is 13.9. The van der Waals surface area contributed by atoms with Crippen LogP contribution in [-0.2, 0) is 4.74 Å². The molecule has 102 valence electrons. The predicted octanol–water partition coefficient (Wildman–Crippen LogP) is 2.51. The molecule has 0 fully saturated rings. The maximum Gasteiger partial charge on any atom is 0.357 e. The minimum Gasteiger partial charge on any atom is -0.464 e. The summed E-state index contributed by atoms with van der Waals surface area (Å²) in [6, 6.07) is 5.90. The number of anilines is 1. The molecule has 1 heterocycles. The molecule has 0 radical (unpaired) electrons. The topological polar surface area (TPSA) is 81.0 Å². The van der Waals surface area contributed by atoms with E-state index in [9.17, 15) is 9.18 Å². The zero-order valence-electron chi connectivity index (χ0n) is 10.4. The third-order valence-corrected chi connectivity index (χ3v) is 3.03. The minimum atomic E-state index is -0.789. The van der Waals surface area contributed by atoms with Gasteiger partial charge in [-0.2, -0.15) is 5.26 Å². The smallest absolute Gasteiger partial charge is 0.357 e. The average Bonchev–Trinajstić information content (AvgIpc) is 2.74. The molecule has 5 nitrogen and oxygen atoms in total.